The van der Waals surface area contributed by atoms with E-state index in [1.807, 2.05) is 35.3 Å². The summed E-state index contributed by atoms with van der Waals surface area (Å²) in [5, 5.41) is 4.37. The van der Waals surface area contributed by atoms with Crippen LogP contribution < -0.4 is 0 Å². The Hall–Kier alpha value is -1.21. The van der Waals surface area contributed by atoms with Crippen LogP contribution in [0.15, 0.2) is 59.3 Å². The van der Waals surface area contributed by atoms with Crippen LogP contribution in [-0.4, -0.2) is 9.78 Å². The SMILES string of the molecule is Fc1cccc(Cn2cc(-c3ccccc3I)cn2)c1Br. The van der Waals surface area contributed by atoms with Gasteiger partial charge in [0.15, 0.2) is 0 Å². The summed E-state index contributed by atoms with van der Waals surface area (Å²) in [6.07, 6.45) is 3.82. The summed E-state index contributed by atoms with van der Waals surface area (Å²) < 4.78 is 17.0. The molecule has 0 spiro atoms. The van der Waals surface area contributed by atoms with Gasteiger partial charge in [0.1, 0.15) is 5.82 Å². The fourth-order valence-electron chi connectivity index (χ4n) is 2.13. The van der Waals surface area contributed by atoms with E-state index in [0.29, 0.717) is 11.0 Å². The van der Waals surface area contributed by atoms with Gasteiger partial charge >= 0.3 is 0 Å². The first-order valence-electron chi connectivity index (χ1n) is 6.35. The quantitative estimate of drug-likeness (QED) is 0.501. The van der Waals surface area contributed by atoms with Crippen molar-refractivity contribution in [1.82, 2.24) is 9.78 Å². The van der Waals surface area contributed by atoms with Gasteiger partial charge in [0.2, 0.25) is 0 Å². The van der Waals surface area contributed by atoms with E-state index in [9.17, 15) is 4.39 Å². The summed E-state index contributed by atoms with van der Waals surface area (Å²) >= 11 is 5.60. The summed E-state index contributed by atoms with van der Waals surface area (Å²) in [5.41, 5.74) is 3.09. The molecule has 0 aliphatic rings. The predicted octanol–water partition coefficient (Wildman–Crippen LogP) is 5.10. The number of nitrogens with zero attached hydrogens (tertiary/aromatic N) is 2. The third-order valence-electron chi connectivity index (χ3n) is 3.18. The molecule has 0 bridgehead atoms. The molecule has 2 nitrogen and oxygen atoms in total. The topological polar surface area (TPSA) is 17.8 Å². The van der Waals surface area contributed by atoms with Gasteiger partial charge in [0, 0.05) is 15.3 Å². The molecule has 106 valence electrons. The summed E-state index contributed by atoms with van der Waals surface area (Å²) in [7, 11) is 0. The van der Waals surface area contributed by atoms with Crippen molar-refractivity contribution in [2.45, 2.75) is 6.54 Å². The minimum absolute atomic E-state index is 0.252. The van der Waals surface area contributed by atoms with Gasteiger partial charge in [-0.3, -0.25) is 4.68 Å². The van der Waals surface area contributed by atoms with Crippen LogP contribution in [0.4, 0.5) is 4.39 Å². The van der Waals surface area contributed by atoms with Crippen LogP contribution in [0.3, 0.4) is 0 Å². The molecule has 0 aliphatic heterocycles. The number of rotatable bonds is 3. The molecule has 0 radical (unpaired) electrons. The van der Waals surface area contributed by atoms with E-state index in [1.165, 1.54) is 9.64 Å². The number of halogens is 3. The smallest absolute Gasteiger partial charge is 0.137 e. The van der Waals surface area contributed by atoms with E-state index in [1.54, 1.807) is 6.07 Å². The van der Waals surface area contributed by atoms with Crippen molar-refractivity contribution in [2.24, 2.45) is 0 Å². The Bertz CT molecular complexity index is 785. The maximum absolute atomic E-state index is 13.5. The van der Waals surface area contributed by atoms with Crippen molar-refractivity contribution >= 4 is 38.5 Å². The average molecular weight is 457 g/mol. The van der Waals surface area contributed by atoms with Crippen LogP contribution in [0.5, 0.6) is 0 Å². The second-order valence-corrected chi connectivity index (χ2v) is 6.57. The molecule has 0 amide bonds. The van der Waals surface area contributed by atoms with E-state index in [2.05, 4.69) is 55.8 Å². The summed E-state index contributed by atoms with van der Waals surface area (Å²) in [6.45, 7) is 0.530. The Kier molecular flexibility index (Phi) is 4.40. The lowest BCUT2D eigenvalue weighted by Gasteiger charge is -2.05. The van der Waals surface area contributed by atoms with E-state index < -0.39 is 0 Å². The average Bonchev–Trinajstić information content (AvgIpc) is 2.93. The van der Waals surface area contributed by atoms with Crippen molar-refractivity contribution in [1.29, 1.82) is 0 Å². The zero-order valence-corrected chi connectivity index (χ0v) is 14.7. The molecule has 1 heterocycles. The van der Waals surface area contributed by atoms with Crippen LogP contribution in [0.2, 0.25) is 0 Å². The van der Waals surface area contributed by atoms with Crippen molar-refractivity contribution in [3.05, 3.63) is 74.3 Å². The lowest BCUT2D eigenvalue weighted by molar-refractivity contribution is 0.611. The highest BCUT2D eigenvalue weighted by molar-refractivity contribution is 14.1. The van der Waals surface area contributed by atoms with Gasteiger partial charge in [-0.1, -0.05) is 30.3 Å². The first kappa shape index (κ1) is 14.7. The molecular formula is C16H11BrFIN2. The van der Waals surface area contributed by atoms with Gasteiger partial charge in [-0.15, -0.1) is 0 Å². The minimum atomic E-state index is -0.252. The standard InChI is InChI=1S/C16H11BrFIN2/c17-16-11(4-3-6-14(16)18)9-21-10-12(8-20-21)13-5-1-2-7-15(13)19/h1-8,10H,9H2. The minimum Gasteiger partial charge on any atom is -0.268 e. The molecule has 0 unspecified atom stereocenters. The maximum atomic E-state index is 13.5. The van der Waals surface area contributed by atoms with Gasteiger partial charge < -0.3 is 0 Å². The summed E-state index contributed by atoms with van der Waals surface area (Å²) in [5.74, 6) is -0.252. The van der Waals surface area contributed by atoms with E-state index in [4.69, 9.17) is 0 Å². The van der Waals surface area contributed by atoms with Crippen molar-refractivity contribution in [3.8, 4) is 11.1 Å². The molecule has 3 aromatic rings. The lowest BCUT2D eigenvalue weighted by atomic mass is 10.1. The highest BCUT2D eigenvalue weighted by Gasteiger charge is 2.08. The zero-order chi connectivity index (χ0) is 14.8. The Morgan fingerprint density at radius 2 is 1.95 bits per heavy atom. The summed E-state index contributed by atoms with van der Waals surface area (Å²) in [6, 6.07) is 13.2. The maximum Gasteiger partial charge on any atom is 0.137 e. The van der Waals surface area contributed by atoms with Crippen LogP contribution in [0.1, 0.15) is 5.56 Å². The Labute approximate surface area is 144 Å². The van der Waals surface area contributed by atoms with Gasteiger partial charge in [-0.25, -0.2) is 4.39 Å². The van der Waals surface area contributed by atoms with Crippen LogP contribution in [0, 0.1) is 9.39 Å². The highest BCUT2D eigenvalue weighted by Crippen LogP contribution is 2.25. The molecule has 5 heteroatoms. The Morgan fingerprint density at radius 3 is 2.76 bits per heavy atom. The normalized spacial score (nSPS) is 10.8. The number of hydrogen-bond acceptors (Lipinski definition) is 1. The summed E-state index contributed by atoms with van der Waals surface area (Å²) in [4.78, 5) is 0. The third kappa shape index (κ3) is 3.18. The van der Waals surface area contributed by atoms with E-state index >= 15 is 0 Å². The van der Waals surface area contributed by atoms with Gasteiger partial charge in [0.05, 0.1) is 17.2 Å². The van der Waals surface area contributed by atoms with Crippen molar-refractivity contribution in [2.75, 3.05) is 0 Å². The first-order chi connectivity index (χ1) is 10.1. The van der Waals surface area contributed by atoms with E-state index in [0.717, 1.165) is 16.7 Å². The molecule has 1 aromatic heterocycles. The fraction of sp³-hybridized carbons (Fsp3) is 0.0625. The molecule has 0 atom stereocenters. The van der Waals surface area contributed by atoms with Crippen LogP contribution >= 0.6 is 38.5 Å². The molecule has 0 saturated carbocycles. The van der Waals surface area contributed by atoms with Gasteiger partial charge in [0.25, 0.3) is 0 Å². The monoisotopic (exact) mass is 456 g/mol. The Balaban J connectivity index is 1.89. The second-order valence-electron chi connectivity index (χ2n) is 4.62. The van der Waals surface area contributed by atoms with Gasteiger partial charge in [-0.2, -0.15) is 5.10 Å². The Morgan fingerprint density at radius 1 is 1.14 bits per heavy atom. The zero-order valence-electron chi connectivity index (χ0n) is 10.9. The molecular weight excluding hydrogens is 446 g/mol. The highest BCUT2D eigenvalue weighted by atomic mass is 127. The van der Waals surface area contributed by atoms with Crippen LogP contribution in [0.25, 0.3) is 11.1 Å². The molecule has 0 aliphatic carbocycles. The molecule has 0 saturated heterocycles. The number of hydrogen-bond donors (Lipinski definition) is 0. The van der Waals surface area contributed by atoms with Gasteiger partial charge in [-0.05, 0) is 61.8 Å². The van der Waals surface area contributed by atoms with Crippen molar-refractivity contribution in [3.63, 3.8) is 0 Å². The predicted molar refractivity (Wildman–Crippen MR) is 93.6 cm³/mol. The fourth-order valence-corrected chi connectivity index (χ4v) is 3.22. The van der Waals surface area contributed by atoms with E-state index in [-0.39, 0.29) is 5.82 Å². The van der Waals surface area contributed by atoms with Crippen molar-refractivity contribution < 1.29 is 4.39 Å². The molecule has 2 aromatic carbocycles. The number of aromatic nitrogens is 2. The third-order valence-corrected chi connectivity index (χ3v) is 5.01. The first-order valence-corrected chi connectivity index (χ1v) is 8.22. The largest absolute Gasteiger partial charge is 0.268 e. The molecule has 3 rings (SSSR count). The second kappa shape index (κ2) is 6.27. The van der Waals surface area contributed by atoms with Crippen LogP contribution in [-0.2, 0) is 6.54 Å². The molecule has 0 fully saturated rings. The molecule has 0 N–H and O–H groups in total. The number of benzene rings is 2. The molecule has 21 heavy (non-hydrogen) atoms. The lowest BCUT2D eigenvalue weighted by Crippen LogP contribution is -2.01.